The SMILES string of the molecule is CC(C)(C)NCC(=O)Nc1ccc(Cl)cn1. The zero-order valence-electron chi connectivity index (χ0n) is 9.67. The number of nitrogens with one attached hydrogen (secondary N) is 2. The van der Waals surface area contributed by atoms with Crippen LogP contribution in [-0.2, 0) is 4.79 Å². The molecular formula is C11H16ClN3O. The number of pyridine rings is 1. The van der Waals surface area contributed by atoms with E-state index in [4.69, 9.17) is 11.6 Å². The molecule has 0 aliphatic rings. The summed E-state index contributed by atoms with van der Waals surface area (Å²) in [7, 11) is 0. The molecule has 2 N–H and O–H groups in total. The molecule has 16 heavy (non-hydrogen) atoms. The summed E-state index contributed by atoms with van der Waals surface area (Å²) >= 11 is 5.68. The first-order valence-electron chi connectivity index (χ1n) is 5.03. The molecule has 1 rings (SSSR count). The van der Waals surface area contributed by atoms with Crippen LogP contribution in [0.1, 0.15) is 20.8 Å². The Morgan fingerprint density at radius 2 is 2.12 bits per heavy atom. The van der Waals surface area contributed by atoms with Gasteiger partial charge in [-0.1, -0.05) is 11.6 Å². The van der Waals surface area contributed by atoms with Gasteiger partial charge in [0.05, 0.1) is 11.6 Å². The molecule has 1 heterocycles. The Morgan fingerprint density at radius 3 is 2.62 bits per heavy atom. The van der Waals surface area contributed by atoms with E-state index in [2.05, 4.69) is 15.6 Å². The van der Waals surface area contributed by atoms with Gasteiger partial charge >= 0.3 is 0 Å². The molecule has 1 aromatic rings. The predicted octanol–water partition coefficient (Wildman–Crippen LogP) is 2.06. The molecule has 1 aromatic heterocycles. The maximum atomic E-state index is 11.5. The fourth-order valence-electron chi connectivity index (χ4n) is 0.982. The minimum atomic E-state index is -0.121. The van der Waals surface area contributed by atoms with Crippen molar-refractivity contribution in [1.29, 1.82) is 0 Å². The summed E-state index contributed by atoms with van der Waals surface area (Å²) in [6.45, 7) is 6.26. The van der Waals surface area contributed by atoms with E-state index in [1.165, 1.54) is 6.20 Å². The monoisotopic (exact) mass is 241 g/mol. The molecular weight excluding hydrogens is 226 g/mol. The highest BCUT2D eigenvalue weighted by atomic mass is 35.5. The largest absolute Gasteiger partial charge is 0.310 e. The van der Waals surface area contributed by atoms with Crippen LogP contribution in [0.5, 0.6) is 0 Å². The minimum Gasteiger partial charge on any atom is -0.310 e. The van der Waals surface area contributed by atoms with Crippen molar-refractivity contribution in [3.63, 3.8) is 0 Å². The molecule has 88 valence electrons. The van der Waals surface area contributed by atoms with Gasteiger partial charge in [0, 0.05) is 11.7 Å². The van der Waals surface area contributed by atoms with E-state index in [-0.39, 0.29) is 18.0 Å². The molecule has 0 unspecified atom stereocenters. The summed E-state index contributed by atoms with van der Waals surface area (Å²) in [4.78, 5) is 15.5. The van der Waals surface area contributed by atoms with Crippen molar-refractivity contribution in [1.82, 2.24) is 10.3 Å². The third-order valence-electron chi connectivity index (χ3n) is 1.77. The molecule has 0 aliphatic heterocycles. The first-order valence-corrected chi connectivity index (χ1v) is 5.41. The zero-order chi connectivity index (χ0) is 12.2. The van der Waals surface area contributed by atoms with Crippen LogP contribution in [0, 0.1) is 0 Å². The van der Waals surface area contributed by atoms with Crippen molar-refractivity contribution in [2.45, 2.75) is 26.3 Å². The number of rotatable bonds is 3. The number of amides is 1. The van der Waals surface area contributed by atoms with Crippen LogP contribution in [0.4, 0.5) is 5.82 Å². The number of aromatic nitrogens is 1. The van der Waals surface area contributed by atoms with E-state index < -0.39 is 0 Å². The van der Waals surface area contributed by atoms with Crippen LogP contribution in [0.3, 0.4) is 0 Å². The molecule has 0 radical (unpaired) electrons. The Kier molecular flexibility index (Phi) is 4.26. The smallest absolute Gasteiger partial charge is 0.239 e. The number of carbonyl (C=O) groups excluding carboxylic acids is 1. The van der Waals surface area contributed by atoms with Gasteiger partial charge < -0.3 is 10.6 Å². The number of carbonyl (C=O) groups is 1. The van der Waals surface area contributed by atoms with E-state index in [1.807, 2.05) is 20.8 Å². The van der Waals surface area contributed by atoms with Gasteiger partial charge in [-0.3, -0.25) is 4.79 Å². The number of hydrogen-bond donors (Lipinski definition) is 2. The van der Waals surface area contributed by atoms with Crippen molar-refractivity contribution in [2.75, 3.05) is 11.9 Å². The molecule has 1 amide bonds. The molecule has 5 heteroatoms. The van der Waals surface area contributed by atoms with E-state index in [0.717, 1.165) is 0 Å². The standard InChI is InChI=1S/C11H16ClN3O/c1-11(2,3)14-7-10(16)15-9-5-4-8(12)6-13-9/h4-6,14H,7H2,1-3H3,(H,13,15,16). The lowest BCUT2D eigenvalue weighted by Crippen LogP contribution is -2.41. The topological polar surface area (TPSA) is 54.0 Å². The Balaban J connectivity index is 2.43. The molecule has 0 atom stereocenters. The highest BCUT2D eigenvalue weighted by molar-refractivity contribution is 6.30. The Hall–Kier alpha value is -1.13. The first-order chi connectivity index (χ1) is 7.37. The van der Waals surface area contributed by atoms with Crippen molar-refractivity contribution >= 4 is 23.3 Å². The average Bonchev–Trinajstić information content (AvgIpc) is 2.18. The van der Waals surface area contributed by atoms with Gasteiger partial charge in [0.25, 0.3) is 0 Å². The summed E-state index contributed by atoms with van der Waals surface area (Å²) in [6, 6.07) is 3.35. The molecule has 0 fully saturated rings. The van der Waals surface area contributed by atoms with Gasteiger partial charge in [0.1, 0.15) is 5.82 Å². The quantitative estimate of drug-likeness (QED) is 0.852. The Morgan fingerprint density at radius 1 is 1.44 bits per heavy atom. The molecule has 0 saturated heterocycles. The van der Waals surface area contributed by atoms with Crippen LogP contribution in [-0.4, -0.2) is 23.0 Å². The molecule has 0 saturated carbocycles. The van der Waals surface area contributed by atoms with E-state index in [9.17, 15) is 4.79 Å². The van der Waals surface area contributed by atoms with Gasteiger partial charge in [0.15, 0.2) is 0 Å². The van der Waals surface area contributed by atoms with Crippen LogP contribution in [0.15, 0.2) is 18.3 Å². The third-order valence-corrected chi connectivity index (χ3v) is 2.00. The van der Waals surface area contributed by atoms with Crippen molar-refractivity contribution < 1.29 is 4.79 Å². The second-order valence-electron chi connectivity index (χ2n) is 4.51. The molecule has 4 nitrogen and oxygen atoms in total. The van der Waals surface area contributed by atoms with E-state index in [0.29, 0.717) is 10.8 Å². The molecule has 0 aromatic carbocycles. The number of nitrogens with zero attached hydrogens (tertiary/aromatic N) is 1. The van der Waals surface area contributed by atoms with Crippen molar-refractivity contribution in [2.24, 2.45) is 0 Å². The van der Waals surface area contributed by atoms with Gasteiger partial charge in [-0.2, -0.15) is 0 Å². The fraction of sp³-hybridized carbons (Fsp3) is 0.455. The number of halogens is 1. The van der Waals surface area contributed by atoms with Crippen molar-refractivity contribution in [3.8, 4) is 0 Å². The maximum absolute atomic E-state index is 11.5. The van der Waals surface area contributed by atoms with Gasteiger partial charge in [-0.15, -0.1) is 0 Å². The summed E-state index contributed by atoms with van der Waals surface area (Å²) in [5.41, 5.74) is -0.0786. The third kappa shape index (κ3) is 5.09. The highest BCUT2D eigenvalue weighted by Crippen LogP contribution is 2.09. The van der Waals surface area contributed by atoms with E-state index >= 15 is 0 Å². The molecule has 0 aliphatic carbocycles. The predicted molar refractivity (Wildman–Crippen MR) is 65.6 cm³/mol. The van der Waals surface area contributed by atoms with E-state index in [1.54, 1.807) is 12.1 Å². The normalized spacial score (nSPS) is 11.2. The molecule has 0 bridgehead atoms. The highest BCUT2D eigenvalue weighted by Gasteiger charge is 2.11. The van der Waals surface area contributed by atoms with Crippen molar-refractivity contribution in [3.05, 3.63) is 23.4 Å². The Labute approximate surface area is 100 Å². The Bertz CT molecular complexity index is 356. The van der Waals surface area contributed by atoms with Crippen LogP contribution in [0.2, 0.25) is 5.02 Å². The summed E-state index contributed by atoms with van der Waals surface area (Å²) in [5.74, 6) is 0.384. The minimum absolute atomic E-state index is 0.0786. The molecule has 0 spiro atoms. The first kappa shape index (κ1) is 12.9. The summed E-state index contributed by atoms with van der Waals surface area (Å²) in [5, 5.41) is 6.30. The van der Waals surface area contributed by atoms with Crippen LogP contribution >= 0.6 is 11.6 Å². The zero-order valence-corrected chi connectivity index (χ0v) is 10.4. The van der Waals surface area contributed by atoms with Crippen LogP contribution < -0.4 is 10.6 Å². The van der Waals surface area contributed by atoms with Gasteiger partial charge in [-0.05, 0) is 32.9 Å². The van der Waals surface area contributed by atoms with Gasteiger partial charge in [0.2, 0.25) is 5.91 Å². The average molecular weight is 242 g/mol. The summed E-state index contributed by atoms with van der Waals surface area (Å²) in [6.07, 6.45) is 1.49. The maximum Gasteiger partial charge on any atom is 0.239 e. The lowest BCUT2D eigenvalue weighted by molar-refractivity contribution is -0.115. The van der Waals surface area contributed by atoms with Crippen LogP contribution in [0.25, 0.3) is 0 Å². The number of anilines is 1. The number of hydrogen-bond acceptors (Lipinski definition) is 3. The van der Waals surface area contributed by atoms with Gasteiger partial charge in [-0.25, -0.2) is 4.98 Å². The lowest BCUT2D eigenvalue weighted by atomic mass is 10.1. The second-order valence-corrected chi connectivity index (χ2v) is 4.95. The second kappa shape index (κ2) is 5.27. The lowest BCUT2D eigenvalue weighted by Gasteiger charge is -2.19. The fourth-order valence-corrected chi connectivity index (χ4v) is 1.09. The summed E-state index contributed by atoms with van der Waals surface area (Å²) < 4.78 is 0.